The van der Waals surface area contributed by atoms with Gasteiger partial charge in [0.25, 0.3) is 0 Å². The van der Waals surface area contributed by atoms with Crippen LogP contribution < -0.4 is 16.0 Å². The molecule has 0 saturated heterocycles. The third-order valence-corrected chi connectivity index (χ3v) is 3.18. The number of hydrogen-bond donors (Lipinski definition) is 3. The Balaban J connectivity index is 0. The molecule has 0 saturated carbocycles. The molecule has 0 aliphatic heterocycles. The predicted molar refractivity (Wildman–Crippen MR) is 116 cm³/mol. The Morgan fingerprint density at radius 2 is 1.73 bits per heavy atom. The maximum atomic E-state index is 11.7. The van der Waals surface area contributed by atoms with E-state index in [1.165, 1.54) is 4.90 Å². The van der Waals surface area contributed by atoms with Gasteiger partial charge in [-0.1, -0.05) is 6.92 Å². The largest absolute Gasteiger partial charge is 0.444 e. The number of rotatable bonds is 8. The summed E-state index contributed by atoms with van der Waals surface area (Å²) in [7, 11) is 3.41. The van der Waals surface area contributed by atoms with Gasteiger partial charge in [-0.2, -0.15) is 0 Å². The van der Waals surface area contributed by atoms with Crippen LogP contribution >= 0.6 is 24.0 Å². The highest BCUT2D eigenvalue weighted by molar-refractivity contribution is 14.0. The van der Waals surface area contributed by atoms with Gasteiger partial charge in [0, 0.05) is 33.2 Å². The Bertz CT molecular complexity index is 450. The summed E-state index contributed by atoms with van der Waals surface area (Å²) in [5, 5.41) is 9.13. The van der Waals surface area contributed by atoms with E-state index < -0.39 is 11.7 Å². The molecule has 0 bridgehead atoms. The lowest BCUT2D eigenvalue weighted by molar-refractivity contribution is -0.127. The highest BCUT2D eigenvalue weighted by atomic mass is 127. The van der Waals surface area contributed by atoms with Gasteiger partial charge in [-0.05, 0) is 40.5 Å². The molecule has 0 aromatic rings. The average Bonchev–Trinajstić information content (AvgIpc) is 2.49. The van der Waals surface area contributed by atoms with Crippen LogP contribution in [0.25, 0.3) is 0 Å². The minimum absolute atomic E-state index is 0. The minimum atomic E-state index is -0.499. The highest BCUT2D eigenvalue weighted by Gasteiger charge is 2.15. The number of aliphatic imine (C=N–C) groups is 1. The first-order valence-corrected chi connectivity index (χ1v) is 8.77. The number of hydrogen-bond acceptors (Lipinski definition) is 4. The summed E-state index contributed by atoms with van der Waals surface area (Å²) in [4.78, 5) is 29.0. The standard InChI is InChI=1S/C17H35N5O3.HI/c1-8-13(2)21-15(20-12-14(23)22(6)7)18-10-9-11-19-16(24)25-17(3,4)5;/h13H,8-12H2,1-7H3,(H,19,24)(H2,18,20,21);1H. The minimum Gasteiger partial charge on any atom is -0.444 e. The molecule has 0 spiro atoms. The van der Waals surface area contributed by atoms with E-state index in [9.17, 15) is 9.59 Å². The molecule has 154 valence electrons. The molecule has 3 N–H and O–H groups in total. The van der Waals surface area contributed by atoms with Gasteiger partial charge in [0.15, 0.2) is 5.96 Å². The summed E-state index contributed by atoms with van der Waals surface area (Å²) in [6, 6.07) is 0.251. The Morgan fingerprint density at radius 3 is 2.23 bits per heavy atom. The molecule has 0 radical (unpaired) electrons. The zero-order chi connectivity index (χ0) is 19.5. The van der Waals surface area contributed by atoms with Crippen molar-refractivity contribution in [2.75, 3.05) is 33.7 Å². The monoisotopic (exact) mass is 485 g/mol. The van der Waals surface area contributed by atoms with Gasteiger partial charge in [0.1, 0.15) is 12.1 Å². The summed E-state index contributed by atoms with van der Waals surface area (Å²) in [6.07, 6.45) is 1.24. The first-order valence-electron chi connectivity index (χ1n) is 8.77. The van der Waals surface area contributed by atoms with Gasteiger partial charge in [-0.3, -0.25) is 4.79 Å². The summed E-state index contributed by atoms with van der Waals surface area (Å²) in [6.45, 7) is 10.8. The van der Waals surface area contributed by atoms with Crippen LogP contribution in [0.1, 0.15) is 47.5 Å². The van der Waals surface area contributed by atoms with E-state index in [0.717, 1.165) is 6.42 Å². The lowest BCUT2D eigenvalue weighted by atomic mass is 10.2. The number of ether oxygens (including phenoxy) is 1. The second-order valence-electron chi connectivity index (χ2n) is 7.12. The summed E-state index contributed by atoms with van der Waals surface area (Å²) < 4.78 is 5.17. The Morgan fingerprint density at radius 1 is 1.15 bits per heavy atom. The topological polar surface area (TPSA) is 95.1 Å². The summed E-state index contributed by atoms with van der Waals surface area (Å²) in [5.41, 5.74) is -0.499. The highest BCUT2D eigenvalue weighted by Crippen LogP contribution is 2.06. The molecule has 0 aliphatic carbocycles. The lowest BCUT2D eigenvalue weighted by Gasteiger charge is -2.20. The van der Waals surface area contributed by atoms with E-state index in [2.05, 4.69) is 34.8 Å². The van der Waals surface area contributed by atoms with E-state index >= 15 is 0 Å². The predicted octanol–water partition coefficient (Wildman–Crippen LogP) is 1.94. The van der Waals surface area contributed by atoms with Crippen LogP contribution in [0.2, 0.25) is 0 Å². The van der Waals surface area contributed by atoms with Crippen molar-refractivity contribution in [2.24, 2.45) is 4.99 Å². The Kier molecular flexibility index (Phi) is 14.4. The first-order chi connectivity index (χ1) is 11.5. The van der Waals surface area contributed by atoms with Gasteiger partial charge >= 0.3 is 6.09 Å². The number of nitrogens with zero attached hydrogens (tertiary/aromatic N) is 2. The third-order valence-electron chi connectivity index (χ3n) is 3.18. The number of likely N-dealkylation sites (N-methyl/N-ethyl adjacent to an activating group) is 1. The van der Waals surface area contributed by atoms with Crippen molar-refractivity contribution >= 4 is 41.9 Å². The molecule has 0 aromatic carbocycles. The second-order valence-corrected chi connectivity index (χ2v) is 7.12. The molecule has 1 unspecified atom stereocenters. The second kappa shape index (κ2) is 13.9. The van der Waals surface area contributed by atoms with E-state index in [1.807, 2.05) is 20.8 Å². The molecular formula is C17H36IN5O3. The fraction of sp³-hybridized carbons (Fsp3) is 0.824. The van der Waals surface area contributed by atoms with Crippen molar-refractivity contribution in [1.82, 2.24) is 20.9 Å². The molecule has 2 amide bonds. The van der Waals surface area contributed by atoms with Crippen molar-refractivity contribution in [1.29, 1.82) is 0 Å². The number of carbonyl (C=O) groups is 2. The van der Waals surface area contributed by atoms with Gasteiger partial charge in [0.2, 0.25) is 5.91 Å². The number of guanidine groups is 1. The quantitative estimate of drug-likeness (QED) is 0.212. The van der Waals surface area contributed by atoms with Crippen LogP contribution in [0, 0.1) is 0 Å². The average molecular weight is 485 g/mol. The molecule has 0 fully saturated rings. The van der Waals surface area contributed by atoms with Gasteiger partial charge in [-0.25, -0.2) is 9.79 Å². The van der Waals surface area contributed by atoms with Crippen LogP contribution in [-0.2, 0) is 9.53 Å². The number of halogens is 1. The number of alkyl carbamates (subject to hydrolysis) is 1. The fourth-order valence-electron chi connectivity index (χ4n) is 1.58. The van der Waals surface area contributed by atoms with E-state index in [4.69, 9.17) is 4.74 Å². The van der Waals surface area contributed by atoms with Crippen molar-refractivity contribution in [3.63, 3.8) is 0 Å². The van der Waals surface area contributed by atoms with Gasteiger partial charge in [0.05, 0.1) is 0 Å². The van der Waals surface area contributed by atoms with Crippen LogP contribution in [0.15, 0.2) is 4.99 Å². The van der Waals surface area contributed by atoms with Crippen molar-refractivity contribution in [3.05, 3.63) is 0 Å². The molecule has 9 heteroatoms. The molecule has 8 nitrogen and oxygen atoms in total. The zero-order valence-electron chi connectivity index (χ0n) is 17.1. The third kappa shape index (κ3) is 15.0. The molecule has 0 aliphatic rings. The van der Waals surface area contributed by atoms with Crippen LogP contribution in [-0.4, -0.2) is 68.2 Å². The Hall–Kier alpha value is -1.26. The normalized spacial score (nSPS) is 12.5. The smallest absolute Gasteiger partial charge is 0.407 e. The Labute approximate surface area is 174 Å². The van der Waals surface area contributed by atoms with Crippen LogP contribution in [0.4, 0.5) is 4.79 Å². The van der Waals surface area contributed by atoms with Gasteiger partial charge < -0.3 is 25.6 Å². The van der Waals surface area contributed by atoms with E-state index in [-0.39, 0.29) is 42.5 Å². The fourth-order valence-corrected chi connectivity index (χ4v) is 1.58. The number of carbonyl (C=O) groups excluding carboxylic acids is 2. The first kappa shape index (κ1) is 27.0. The lowest BCUT2D eigenvalue weighted by Crippen LogP contribution is -2.43. The number of nitrogens with one attached hydrogen (secondary N) is 3. The van der Waals surface area contributed by atoms with Crippen molar-refractivity contribution in [2.45, 2.75) is 59.1 Å². The van der Waals surface area contributed by atoms with Crippen molar-refractivity contribution in [3.8, 4) is 0 Å². The van der Waals surface area contributed by atoms with Crippen molar-refractivity contribution < 1.29 is 14.3 Å². The molecule has 26 heavy (non-hydrogen) atoms. The van der Waals surface area contributed by atoms with E-state index in [0.29, 0.717) is 25.5 Å². The zero-order valence-corrected chi connectivity index (χ0v) is 19.5. The maximum Gasteiger partial charge on any atom is 0.407 e. The summed E-state index contributed by atoms with van der Waals surface area (Å²) in [5.74, 6) is 0.540. The SMILES string of the molecule is CCC(C)NC(=NCC(=O)N(C)C)NCCCNC(=O)OC(C)(C)C.I. The van der Waals surface area contributed by atoms with E-state index in [1.54, 1.807) is 14.1 Å². The summed E-state index contributed by atoms with van der Waals surface area (Å²) >= 11 is 0. The van der Waals surface area contributed by atoms with Gasteiger partial charge in [-0.15, -0.1) is 24.0 Å². The molecule has 0 heterocycles. The molecule has 0 aromatic heterocycles. The molecule has 1 atom stereocenters. The maximum absolute atomic E-state index is 11.7. The molecular weight excluding hydrogens is 449 g/mol. The van der Waals surface area contributed by atoms with Crippen LogP contribution in [0.5, 0.6) is 0 Å². The van der Waals surface area contributed by atoms with Crippen LogP contribution in [0.3, 0.4) is 0 Å². The number of amides is 2. The molecule has 0 rings (SSSR count).